The minimum Gasteiger partial charge on any atom is -0.335 e. The zero-order chi connectivity index (χ0) is 12.5. The molecule has 1 amide bonds. The van der Waals surface area contributed by atoms with Crippen LogP contribution in [0.3, 0.4) is 0 Å². The summed E-state index contributed by atoms with van der Waals surface area (Å²) in [6, 6.07) is 3.47. The Morgan fingerprint density at radius 3 is 2.83 bits per heavy atom. The van der Waals surface area contributed by atoms with E-state index in [4.69, 9.17) is 0 Å². The number of carbonyl (C=O) groups is 1. The van der Waals surface area contributed by atoms with Crippen molar-refractivity contribution in [2.75, 3.05) is 6.54 Å². The number of rotatable bonds is 1. The number of likely N-dealkylation sites (tertiary alicyclic amines) is 1. The Labute approximate surface area is 106 Å². The normalized spacial score (nSPS) is 27.0. The molecule has 2 atom stereocenters. The molecule has 96 valence electrons. The summed E-state index contributed by atoms with van der Waals surface area (Å²) in [6.45, 7) is 0.868. The third kappa shape index (κ3) is 1.96. The summed E-state index contributed by atoms with van der Waals surface area (Å²) in [6.07, 6.45) is 7.61. The van der Waals surface area contributed by atoms with Crippen molar-refractivity contribution in [3.8, 4) is 0 Å². The van der Waals surface area contributed by atoms with Crippen LogP contribution in [0.5, 0.6) is 0 Å². The van der Waals surface area contributed by atoms with E-state index in [1.54, 1.807) is 6.07 Å². The molecule has 0 spiro atoms. The SMILES string of the molecule is O=C(c1ccc(=O)[nH]c1)N1CCC2CCCCC21. The van der Waals surface area contributed by atoms with E-state index in [1.807, 2.05) is 4.90 Å². The molecule has 2 unspecified atom stereocenters. The Morgan fingerprint density at radius 2 is 2.06 bits per heavy atom. The maximum absolute atomic E-state index is 12.4. The molecule has 2 aliphatic rings. The van der Waals surface area contributed by atoms with Crippen LogP contribution in [-0.2, 0) is 0 Å². The monoisotopic (exact) mass is 246 g/mol. The molecule has 1 N–H and O–H groups in total. The van der Waals surface area contributed by atoms with E-state index in [2.05, 4.69) is 4.98 Å². The first-order valence-electron chi connectivity index (χ1n) is 6.75. The van der Waals surface area contributed by atoms with Crippen molar-refractivity contribution in [1.82, 2.24) is 9.88 Å². The lowest BCUT2D eigenvalue weighted by Crippen LogP contribution is -2.39. The number of nitrogens with zero attached hydrogens (tertiary/aromatic N) is 1. The van der Waals surface area contributed by atoms with Crippen molar-refractivity contribution >= 4 is 5.91 Å². The average Bonchev–Trinajstić information content (AvgIpc) is 2.82. The second-order valence-electron chi connectivity index (χ2n) is 5.34. The smallest absolute Gasteiger partial charge is 0.255 e. The van der Waals surface area contributed by atoms with E-state index in [0.717, 1.165) is 19.4 Å². The number of aromatic nitrogens is 1. The summed E-state index contributed by atoms with van der Waals surface area (Å²) in [5, 5.41) is 0. The summed E-state index contributed by atoms with van der Waals surface area (Å²) < 4.78 is 0. The summed E-state index contributed by atoms with van der Waals surface area (Å²) in [5.41, 5.74) is 0.435. The lowest BCUT2D eigenvalue weighted by atomic mass is 9.85. The maximum atomic E-state index is 12.4. The van der Waals surface area contributed by atoms with Gasteiger partial charge in [-0.05, 0) is 31.2 Å². The van der Waals surface area contributed by atoms with Crippen molar-refractivity contribution in [2.45, 2.75) is 38.1 Å². The molecule has 18 heavy (non-hydrogen) atoms. The summed E-state index contributed by atoms with van der Waals surface area (Å²) in [4.78, 5) is 28.0. The molecule has 2 fully saturated rings. The number of amides is 1. The highest BCUT2D eigenvalue weighted by Gasteiger charge is 2.38. The quantitative estimate of drug-likeness (QED) is 0.821. The number of nitrogens with one attached hydrogen (secondary N) is 1. The van der Waals surface area contributed by atoms with Crippen molar-refractivity contribution in [1.29, 1.82) is 0 Å². The number of hydrogen-bond donors (Lipinski definition) is 1. The molecule has 2 heterocycles. The number of aromatic amines is 1. The fraction of sp³-hybridized carbons (Fsp3) is 0.571. The van der Waals surface area contributed by atoms with Gasteiger partial charge in [0.2, 0.25) is 5.56 Å². The Kier molecular flexibility index (Phi) is 2.94. The number of H-pyrrole nitrogens is 1. The third-order valence-electron chi connectivity index (χ3n) is 4.30. The van der Waals surface area contributed by atoms with E-state index in [9.17, 15) is 9.59 Å². The Balaban J connectivity index is 1.80. The molecule has 4 heteroatoms. The first-order valence-corrected chi connectivity index (χ1v) is 6.75. The maximum Gasteiger partial charge on any atom is 0.255 e. The number of hydrogen-bond acceptors (Lipinski definition) is 2. The van der Waals surface area contributed by atoms with Gasteiger partial charge in [0.25, 0.3) is 5.91 Å². The predicted octanol–water partition coefficient (Wildman–Crippen LogP) is 1.78. The molecule has 1 saturated carbocycles. The van der Waals surface area contributed by atoms with Crippen LogP contribution in [0.15, 0.2) is 23.1 Å². The molecule has 0 bridgehead atoms. The molecular weight excluding hydrogens is 228 g/mol. The molecule has 4 nitrogen and oxygen atoms in total. The molecule has 1 aliphatic heterocycles. The highest BCUT2D eigenvalue weighted by Crippen LogP contribution is 2.36. The van der Waals surface area contributed by atoms with Crippen LogP contribution in [-0.4, -0.2) is 28.4 Å². The number of carbonyl (C=O) groups excluding carboxylic acids is 1. The van der Waals surface area contributed by atoms with Gasteiger partial charge in [-0.25, -0.2) is 0 Å². The van der Waals surface area contributed by atoms with Gasteiger partial charge in [0.15, 0.2) is 0 Å². The van der Waals surface area contributed by atoms with Gasteiger partial charge in [-0.3, -0.25) is 9.59 Å². The second-order valence-corrected chi connectivity index (χ2v) is 5.34. The van der Waals surface area contributed by atoms with Gasteiger partial charge >= 0.3 is 0 Å². The van der Waals surface area contributed by atoms with Gasteiger partial charge in [-0.1, -0.05) is 12.8 Å². The summed E-state index contributed by atoms with van der Waals surface area (Å²) in [5.74, 6) is 0.770. The molecule has 1 aromatic heterocycles. The Hall–Kier alpha value is -1.58. The van der Waals surface area contributed by atoms with Crippen LogP contribution in [0, 0.1) is 5.92 Å². The molecule has 0 radical (unpaired) electrons. The lowest BCUT2D eigenvalue weighted by Gasteiger charge is -2.31. The first kappa shape index (κ1) is 11.5. The van der Waals surface area contributed by atoms with E-state index in [1.165, 1.54) is 31.5 Å². The molecule has 1 aromatic rings. The molecular formula is C14H18N2O2. The molecule has 0 aromatic carbocycles. The van der Waals surface area contributed by atoms with E-state index >= 15 is 0 Å². The van der Waals surface area contributed by atoms with Crippen LogP contribution in [0.25, 0.3) is 0 Å². The van der Waals surface area contributed by atoms with Gasteiger partial charge in [-0.15, -0.1) is 0 Å². The van der Waals surface area contributed by atoms with E-state index in [0.29, 0.717) is 17.5 Å². The highest BCUT2D eigenvalue weighted by atomic mass is 16.2. The van der Waals surface area contributed by atoms with Crippen molar-refractivity contribution in [3.63, 3.8) is 0 Å². The largest absolute Gasteiger partial charge is 0.335 e. The zero-order valence-electron chi connectivity index (χ0n) is 10.4. The van der Waals surface area contributed by atoms with Crippen LogP contribution >= 0.6 is 0 Å². The number of fused-ring (bicyclic) bond motifs is 1. The fourth-order valence-electron chi connectivity index (χ4n) is 3.37. The van der Waals surface area contributed by atoms with Gasteiger partial charge in [0.05, 0.1) is 5.56 Å². The Bertz CT molecular complexity index is 488. The van der Waals surface area contributed by atoms with Gasteiger partial charge in [0.1, 0.15) is 0 Å². The standard InChI is InChI=1S/C14H18N2O2/c17-13-6-5-11(9-15-13)14(18)16-8-7-10-3-1-2-4-12(10)16/h5-6,9-10,12H,1-4,7-8H2,(H,15,17). The van der Waals surface area contributed by atoms with Crippen LogP contribution in [0.1, 0.15) is 42.5 Å². The average molecular weight is 246 g/mol. The van der Waals surface area contributed by atoms with E-state index < -0.39 is 0 Å². The Morgan fingerprint density at radius 1 is 1.22 bits per heavy atom. The lowest BCUT2D eigenvalue weighted by molar-refractivity contribution is 0.0689. The molecule has 1 aliphatic carbocycles. The zero-order valence-corrected chi connectivity index (χ0v) is 10.4. The van der Waals surface area contributed by atoms with Crippen molar-refractivity contribution in [2.24, 2.45) is 5.92 Å². The number of pyridine rings is 1. The second kappa shape index (κ2) is 4.59. The molecule has 3 rings (SSSR count). The van der Waals surface area contributed by atoms with Gasteiger partial charge < -0.3 is 9.88 Å². The minimum atomic E-state index is -0.163. The summed E-state index contributed by atoms with van der Waals surface area (Å²) >= 11 is 0. The fourth-order valence-corrected chi connectivity index (χ4v) is 3.37. The molecule has 1 saturated heterocycles. The van der Waals surface area contributed by atoms with Crippen LogP contribution in [0.4, 0.5) is 0 Å². The summed E-state index contributed by atoms with van der Waals surface area (Å²) in [7, 11) is 0. The topological polar surface area (TPSA) is 53.2 Å². The van der Waals surface area contributed by atoms with Crippen LogP contribution < -0.4 is 5.56 Å². The van der Waals surface area contributed by atoms with Crippen LogP contribution in [0.2, 0.25) is 0 Å². The minimum absolute atomic E-state index is 0.0700. The predicted molar refractivity (Wildman–Crippen MR) is 68.5 cm³/mol. The van der Waals surface area contributed by atoms with Crippen molar-refractivity contribution < 1.29 is 4.79 Å². The highest BCUT2D eigenvalue weighted by molar-refractivity contribution is 5.94. The first-order chi connectivity index (χ1) is 8.75. The van der Waals surface area contributed by atoms with Crippen molar-refractivity contribution in [3.05, 3.63) is 34.2 Å². The van der Waals surface area contributed by atoms with E-state index in [-0.39, 0.29) is 11.5 Å². The third-order valence-corrected chi connectivity index (χ3v) is 4.30. The van der Waals surface area contributed by atoms with Gasteiger partial charge in [-0.2, -0.15) is 0 Å². The van der Waals surface area contributed by atoms with Gasteiger partial charge in [0, 0.05) is 24.8 Å².